The number of carbonyl (C=O) groups excluding carboxylic acids is 1. The van der Waals surface area contributed by atoms with E-state index in [-0.39, 0.29) is 29.8 Å². The third-order valence-corrected chi connectivity index (χ3v) is 3.60. The molecular weight excluding hydrogens is 324 g/mol. The van der Waals surface area contributed by atoms with Crippen LogP contribution in [0.5, 0.6) is 11.5 Å². The molecule has 0 bridgehead atoms. The van der Waals surface area contributed by atoms with Gasteiger partial charge in [-0.2, -0.15) is 0 Å². The Kier molecular flexibility index (Phi) is 5.94. The van der Waals surface area contributed by atoms with Crippen molar-refractivity contribution in [3.8, 4) is 11.5 Å². The summed E-state index contributed by atoms with van der Waals surface area (Å²) in [6.07, 6.45) is 0. The molecule has 0 saturated heterocycles. The lowest BCUT2D eigenvalue weighted by Crippen LogP contribution is -2.36. The number of amides is 1. The maximum atomic E-state index is 12.2. The van der Waals surface area contributed by atoms with E-state index in [0.29, 0.717) is 11.3 Å². The van der Waals surface area contributed by atoms with Gasteiger partial charge in [0.25, 0.3) is 11.6 Å². The second-order valence-corrected chi connectivity index (χ2v) is 5.62. The number of nitrogens with zero attached hydrogens (tertiary/aromatic N) is 1. The molecular formula is C18H20N2O5. The number of nitro groups is 1. The van der Waals surface area contributed by atoms with Gasteiger partial charge in [0.15, 0.2) is 0 Å². The average Bonchev–Trinajstić information content (AvgIpc) is 2.60. The molecule has 0 radical (unpaired) electrons. The summed E-state index contributed by atoms with van der Waals surface area (Å²) < 4.78 is 10.7. The minimum atomic E-state index is -0.498. The third-order valence-electron chi connectivity index (χ3n) is 3.60. The lowest BCUT2D eigenvalue weighted by atomic mass is 10.1. The van der Waals surface area contributed by atoms with Gasteiger partial charge in [-0.25, -0.2) is 0 Å². The first-order valence-corrected chi connectivity index (χ1v) is 7.73. The Balaban J connectivity index is 1.93. The van der Waals surface area contributed by atoms with Crippen LogP contribution in [0.4, 0.5) is 5.69 Å². The zero-order valence-electron chi connectivity index (χ0n) is 14.3. The lowest BCUT2D eigenvalue weighted by molar-refractivity contribution is -0.385. The Bertz CT molecular complexity index is 759. The number of ether oxygens (including phenoxy) is 2. The maximum absolute atomic E-state index is 12.2. The normalized spacial score (nSPS) is 11.5. The van der Waals surface area contributed by atoms with Gasteiger partial charge >= 0.3 is 0 Å². The van der Waals surface area contributed by atoms with Crippen LogP contribution in [0.25, 0.3) is 0 Å². The highest BCUT2D eigenvalue weighted by atomic mass is 16.6. The van der Waals surface area contributed by atoms with E-state index in [0.717, 1.165) is 5.75 Å². The molecule has 25 heavy (non-hydrogen) atoms. The zero-order valence-corrected chi connectivity index (χ0v) is 14.3. The van der Waals surface area contributed by atoms with Crippen LogP contribution in [0.1, 0.15) is 22.8 Å². The number of methoxy groups -OCH3 is 1. The third kappa shape index (κ3) is 4.94. The van der Waals surface area contributed by atoms with Crippen LogP contribution < -0.4 is 14.8 Å². The van der Waals surface area contributed by atoms with Crippen LogP contribution in [0.2, 0.25) is 0 Å². The van der Waals surface area contributed by atoms with Gasteiger partial charge in [-0.1, -0.05) is 6.07 Å². The van der Waals surface area contributed by atoms with E-state index >= 15 is 0 Å². The topological polar surface area (TPSA) is 90.7 Å². The fraction of sp³-hybridized carbons (Fsp3) is 0.278. The smallest absolute Gasteiger partial charge is 0.273 e. The summed E-state index contributed by atoms with van der Waals surface area (Å²) in [6.45, 7) is 3.70. The zero-order chi connectivity index (χ0) is 18.4. The Morgan fingerprint density at radius 3 is 2.44 bits per heavy atom. The molecule has 7 nitrogen and oxygen atoms in total. The van der Waals surface area contributed by atoms with Crippen molar-refractivity contribution in [2.24, 2.45) is 0 Å². The first kappa shape index (κ1) is 18.3. The van der Waals surface area contributed by atoms with Gasteiger partial charge in [0.2, 0.25) is 0 Å². The molecule has 2 rings (SSSR count). The van der Waals surface area contributed by atoms with Crippen LogP contribution in [0, 0.1) is 17.0 Å². The van der Waals surface area contributed by atoms with Crippen molar-refractivity contribution in [3.05, 3.63) is 63.7 Å². The highest BCUT2D eigenvalue weighted by Gasteiger charge is 2.16. The fourth-order valence-corrected chi connectivity index (χ4v) is 2.19. The molecule has 2 aromatic carbocycles. The summed E-state index contributed by atoms with van der Waals surface area (Å²) >= 11 is 0. The minimum absolute atomic E-state index is 0.0743. The molecule has 0 aromatic heterocycles. The van der Waals surface area contributed by atoms with Crippen molar-refractivity contribution in [1.29, 1.82) is 0 Å². The van der Waals surface area contributed by atoms with Crippen LogP contribution >= 0.6 is 0 Å². The Morgan fingerprint density at radius 1 is 1.20 bits per heavy atom. The van der Waals surface area contributed by atoms with E-state index in [1.807, 2.05) is 0 Å². The maximum Gasteiger partial charge on any atom is 0.273 e. The second-order valence-electron chi connectivity index (χ2n) is 5.62. The van der Waals surface area contributed by atoms with Crippen molar-refractivity contribution >= 4 is 11.6 Å². The van der Waals surface area contributed by atoms with Gasteiger partial charge in [-0.05, 0) is 44.2 Å². The molecule has 0 aliphatic heterocycles. The van der Waals surface area contributed by atoms with Gasteiger partial charge in [0.05, 0.1) is 18.1 Å². The molecule has 0 aliphatic rings. The molecule has 1 unspecified atom stereocenters. The SMILES string of the molecule is COc1ccc(OCC(C)NC(=O)c2ccc(C)c([N+](=O)[O-])c2)cc1. The van der Waals surface area contributed by atoms with Crippen molar-refractivity contribution in [1.82, 2.24) is 5.32 Å². The molecule has 1 atom stereocenters. The van der Waals surface area contributed by atoms with E-state index in [1.54, 1.807) is 57.4 Å². The molecule has 1 N–H and O–H groups in total. The molecule has 0 fully saturated rings. The standard InChI is InChI=1S/C18H20N2O5/c1-12-4-5-14(10-17(12)20(22)23)18(21)19-13(2)11-25-16-8-6-15(24-3)7-9-16/h4-10,13H,11H2,1-3H3,(H,19,21). The Morgan fingerprint density at radius 2 is 1.84 bits per heavy atom. The lowest BCUT2D eigenvalue weighted by Gasteiger charge is -2.15. The van der Waals surface area contributed by atoms with E-state index in [4.69, 9.17) is 9.47 Å². The first-order valence-electron chi connectivity index (χ1n) is 7.73. The molecule has 2 aromatic rings. The van der Waals surface area contributed by atoms with Crippen molar-refractivity contribution < 1.29 is 19.2 Å². The summed E-state index contributed by atoms with van der Waals surface area (Å²) in [5.41, 5.74) is 0.681. The first-order chi connectivity index (χ1) is 11.9. The van der Waals surface area contributed by atoms with Crippen LogP contribution in [0.3, 0.4) is 0 Å². The summed E-state index contributed by atoms with van der Waals surface area (Å²) in [6, 6.07) is 11.2. The molecule has 132 valence electrons. The van der Waals surface area contributed by atoms with Crippen molar-refractivity contribution in [3.63, 3.8) is 0 Å². The number of carbonyl (C=O) groups is 1. The van der Waals surface area contributed by atoms with Gasteiger partial charge < -0.3 is 14.8 Å². The van der Waals surface area contributed by atoms with Crippen molar-refractivity contribution in [2.45, 2.75) is 19.9 Å². The molecule has 7 heteroatoms. The Labute approximate surface area is 145 Å². The van der Waals surface area contributed by atoms with E-state index in [2.05, 4.69) is 5.32 Å². The monoisotopic (exact) mass is 344 g/mol. The van der Waals surface area contributed by atoms with Gasteiger partial charge in [-0.3, -0.25) is 14.9 Å². The van der Waals surface area contributed by atoms with Crippen LogP contribution in [0.15, 0.2) is 42.5 Å². The quantitative estimate of drug-likeness (QED) is 0.615. The van der Waals surface area contributed by atoms with Gasteiger partial charge in [0.1, 0.15) is 18.1 Å². The highest BCUT2D eigenvalue weighted by molar-refractivity contribution is 5.95. The number of benzene rings is 2. The summed E-state index contributed by atoms with van der Waals surface area (Å²) in [4.78, 5) is 22.7. The van der Waals surface area contributed by atoms with Crippen LogP contribution in [-0.4, -0.2) is 30.6 Å². The fourth-order valence-electron chi connectivity index (χ4n) is 2.19. The largest absolute Gasteiger partial charge is 0.497 e. The molecule has 0 aliphatic carbocycles. The minimum Gasteiger partial charge on any atom is -0.497 e. The number of aryl methyl sites for hydroxylation is 1. The van der Waals surface area contributed by atoms with Crippen molar-refractivity contribution in [2.75, 3.05) is 13.7 Å². The number of nitro benzene ring substituents is 1. The molecule has 0 saturated carbocycles. The van der Waals surface area contributed by atoms with Crippen LogP contribution in [-0.2, 0) is 0 Å². The summed E-state index contributed by atoms with van der Waals surface area (Å²) in [5, 5.41) is 13.7. The number of rotatable bonds is 7. The summed E-state index contributed by atoms with van der Waals surface area (Å²) in [7, 11) is 1.59. The molecule has 0 heterocycles. The number of hydrogen-bond acceptors (Lipinski definition) is 5. The summed E-state index contributed by atoms with van der Waals surface area (Å²) in [5.74, 6) is 1.01. The predicted octanol–water partition coefficient (Wildman–Crippen LogP) is 3.11. The molecule has 0 spiro atoms. The Hall–Kier alpha value is -3.09. The predicted molar refractivity (Wildman–Crippen MR) is 93.3 cm³/mol. The number of nitrogens with one attached hydrogen (secondary N) is 1. The van der Waals surface area contributed by atoms with E-state index in [1.165, 1.54) is 6.07 Å². The average molecular weight is 344 g/mol. The van der Waals surface area contributed by atoms with Gasteiger partial charge in [-0.15, -0.1) is 0 Å². The number of hydrogen-bond donors (Lipinski definition) is 1. The van der Waals surface area contributed by atoms with E-state index in [9.17, 15) is 14.9 Å². The second kappa shape index (κ2) is 8.14. The highest BCUT2D eigenvalue weighted by Crippen LogP contribution is 2.19. The van der Waals surface area contributed by atoms with E-state index < -0.39 is 4.92 Å². The molecule has 1 amide bonds. The van der Waals surface area contributed by atoms with Gasteiger partial charge in [0, 0.05) is 17.2 Å².